The first kappa shape index (κ1) is 22.4. The summed E-state index contributed by atoms with van der Waals surface area (Å²) in [7, 11) is 0. The van der Waals surface area contributed by atoms with Gasteiger partial charge in [-0.05, 0) is 61.6 Å². The van der Waals surface area contributed by atoms with Crippen molar-refractivity contribution in [1.82, 2.24) is 0 Å². The Morgan fingerprint density at radius 1 is 1.08 bits per heavy atom. The molecule has 0 amide bonds. The molecule has 0 N–H and O–H groups in total. The van der Waals surface area contributed by atoms with E-state index < -0.39 is 0 Å². The topological polar surface area (TPSA) is 9.23 Å². The molecule has 0 radical (unpaired) electrons. The predicted molar refractivity (Wildman–Crippen MR) is 115 cm³/mol. The minimum Gasteiger partial charge on any atom is -0.372 e. The number of ether oxygens (including phenoxy) is 1. The van der Waals surface area contributed by atoms with E-state index in [1.165, 1.54) is 33.7 Å². The highest BCUT2D eigenvalue weighted by molar-refractivity contribution is 7.12. The van der Waals surface area contributed by atoms with E-state index in [1.54, 1.807) is 0 Å². The summed E-state index contributed by atoms with van der Waals surface area (Å²) < 4.78 is 6.04. The van der Waals surface area contributed by atoms with E-state index in [0.29, 0.717) is 6.61 Å². The van der Waals surface area contributed by atoms with Crippen molar-refractivity contribution in [3.63, 3.8) is 0 Å². The van der Waals surface area contributed by atoms with Crippen LogP contribution in [-0.4, -0.2) is 12.2 Å². The lowest BCUT2D eigenvalue weighted by molar-refractivity contribution is -0.00334. The van der Waals surface area contributed by atoms with Crippen LogP contribution in [0, 0.1) is 0 Å². The van der Waals surface area contributed by atoms with Crippen molar-refractivity contribution in [2.75, 3.05) is 6.61 Å². The lowest BCUT2D eigenvalue weighted by Gasteiger charge is -2.23. The SMILES string of the molecule is CCCC(C)(C)c1cc(/C(C)=C/COC(C)(C)CC)c(C(C)(C)C)s1. The van der Waals surface area contributed by atoms with Gasteiger partial charge in [-0.3, -0.25) is 0 Å². The summed E-state index contributed by atoms with van der Waals surface area (Å²) in [4.78, 5) is 3.01. The van der Waals surface area contributed by atoms with E-state index in [4.69, 9.17) is 4.74 Å². The summed E-state index contributed by atoms with van der Waals surface area (Å²) in [6.45, 7) is 23.4. The van der Waals surface area contributed by atoms with Crippen LogP contribution in [-0.2, 0) is 15.6 Å². The zero-order valence-corrected chi connectivity index (χ0v) is 19.1. The van der Waals surface area contributed by atoms with Crippen LogP contribution in [0.4, 0.5) is 0 Å². The molecule has 0 aliphatic carbocycles. The lowest BCUT2D eigenvalue weighted by atomic mass is 9.84. The molecule has 25 heavy (non-hydrogen) atoms. The Kier molecular flexibility index (Phi) is 7.53. The molecule has 0 unspecified atom stereocenters. The normalized spacial score (nSPS) is 14.2. The Morgan fingerprint density at radius 3 is 2.16 bits per heavy atom. The van der Waals surface area contributed by atoms with Gasteiger partial charge >= 0.3 is 0 Å². The zero-order chi connectivity index (χ0) is 19.5. The number of hydrogen-bond donors (Lipinski definition) is 0. The molecule has 0 aromatic carbocycles. The van der Waals surface area contributed by atoms with Gasteiger partial charge in [-0.2, -0.15) is 0 Å². The molecule has 0 spiro atoms. The quantitative estimate of drug-likeness (QED) is 0.458. The summed E-state index contributed by atoms with van der Waals surface area (Å²) in [5.41, 5.74) is 3.12. The predicted octanol–water partition coefficient (Wildman–Crippen LogP) is 7.73. The molecular weight excluding hydrogens is 324 g/mol. The molecule has 0 saturated carbocycles. The van der Waals surface area contributed by atoms with Gasteiger partial charge in [0.25, 0.3) is 0 Å². The maximum atomic E-state index is 6.04. The molecule has 1 nitrogen and oxygen atoms in total. The molecule has 0 saturated heterocycles. The second-order valence-corrected chi connectivity index (χ2v) is 10.6. The second kappa shape index (κ2) is 8.39. The van der Waals surface area contributed by atoms with Gasteiger partial charge in [0.2, 0.25) is 0 Å². The van der Waals surface area contributed by atoms with Crippen LogP contribution < -0.4 is 0 Å². The minimum atomic E-state index is -0.0490. The Balaban J connectivity index is 3.18. The van der Waals surface area contributed by atoms with Gasteiger partial charge in [-0.25, -0.2) is 0 Å². The average molecular weight is 365 g/mol. The summed E-state index contributed by atoms with van der Waals surface area (Å²) in [5.74, 6) is 0. The molecule has 1 aromatic rings. The molecule has 1 aromatic heterocycles. The van der Waals surface area contributed by atoms with Crippen molar-refractivity contribution in [1.29, 1.82) is 0 Å². The molecule has 1 heterocycles. The van der Waals surface area contributed by atoms with Crippen molar-refractivity contribution in [2.24, 2.45) is 0 Å². The minimum absolute atomic E-state index is 0.0490. The van der Waals surface area contributed by atoms with Crippen LogP contribution in [0.2, 0.25) is 0 Å². The van der Waals surface area contributed by atoms with Gasteiger partial charge in [-0.15, -0.1) is 11.3 Å². The van der Waals surface area contributed by atoms with Gasteiger partial charge in [0.1, 0.15) is 0 Å². The molecule has 1 rings (SSSR count). The van der Waals surface area contributed by atoms with Crippen LogP contribution in [0.25, 0.3) is 5.57 Å². The smallest absolute Gasteiger partial charge is 0.0660 e. The standard InChI is InChI=1S/C23H40OS/c1-11-14-22(7,8)19-16-18(20(25-19)21(4,5)6)17(3)13-15-24-23(9,10)12-2/h13,16H,11-12,14-15H2,1-10H3/b17-13+. The van der Waals surface area contributed by atoms with E-state index in [2.05, 4.69) is 81.4 Å². The molecule has 144 valence electrons. The van der Waals surface area contributed by atoms with E-state index in [1.807, 2.05) is 11.3 Å². The third-order valence-corrected chi connectivity index (χ3v) is 7.02. The Hall–Kier alpha value is -0.600. The van der Waals surface area contributed by atoms with Gasteiger partial charge in [-0.1, -0.05) is 61.0 Å². The van der Waals surface area contributed by atoms with Gasteiger partial charge < -0.3 is 4.74 Å². The van der Waals surface area contributed by atoms with Crippen molar-refractivity contribution in [2.45, 2.75) is 105 Å². The Morgan fingerprint density at radius 2 is 1.68 bits per heavy atom. The first-order valence-corrected chi connectivity index (χ1v) is 10.6. The summed E-state index contributed by atoms with van der Waals surface area (Å²) >= 11 is 2.00. The van der Waals surface area contributed by atoms with Crippen LogP contribution in [0.15, 0.2) is 12.1 Å². The highest BCUT2D eigenvalue weighted by Crippen LogP contribution is 2.42. The number of allylic oxidation sites excluding steroid dienone is 1. The Bertz CT molecular complexity index is 582. The molecule has 0 aliphatic heterocycles. The molecule has 2 heteroatoms. The van der Waals surface area contributed by atoms with Crippen molar-refractivity contribution < 1.29 is 4.74 Å². The van der Waals surface area contributed by atoms with Crippen molar-refractivity contribution in [3.05, 3.63) is 27.5 Å². The molecule has 0 bridgehead atoms. The van der Waals surface area contributed by atoms with Gasteiger partial charge in [0.05, 0.1) is 12.2 Å². The third kappa shape index (κ3) is 6.25. The molecule has 0 fully saturated rings. The van der Waals surface area contributed by atoms with E-state index in [-0.39, 0.29) is 16.4 Å². The van der Waals surface area contributed by atoms with Crippen molar-refractivity contribution in [3.8, 4) is 0 Å². The maximum Gasteiger partial charge on any atom is 0.0660 e. The average Bonchev–Trinajstić information content (AvgIpc) is 2.93. The highest BCUT2D eigenvalue weighted by Gasteiger charge is 2.28. The van der Waals surface area contributed by atoms with Gasteiger partial charge in [0, 0.05) is 9.75 Å². The lowest BCUT2D eigenvalue weighted by Crippen LogP contribution is -2.23. The largest absolute Gasteiger partial charge is 0.372 e. The molecular formula is C23H40OS. The fourth-order valence-corrected chi connectivity index (χ4v) is 4.34. The second-order valence-electron chi connectivity index (χ2n) is 9.55. The van der Waals surface area contributed by atoms with Crippen LogP contribution in [0.5, 0.6) is 0 Å². The fraction of sp³-hybridized carbons (Fsp3) is 0.739. The Labute approximate surface area is 160 Å². The molecule has 0 aliphatic rings. The van der Waals surface area contributed by atoms with Crippen molar-refractivity contribution >= 4 is 16.9 Å². The van der Waals surface area contributed by atoms with E-state index in [9.17, 15) is 0 Å². The van der Waals surface area contributed by atoms with E-state index >= 15 is 0 Å². The zero-order valence-electron chi connectivity index (χ0n) is 18.3. The number of thiophene rings is 1. The summed E-state index contributed by atoms with van der Waals surface area (Å²) in [6.07, 6.45) is 5.74. The first-order chi connectivity index (χ1) is 11.3. The summed E-state index contributed by atoms with van der Waals surface area (Å²) in [5, 5.41) is 0. The maximum absolute atomic E-state index is 6.04. The van der Waals surface area contributed by atoms with Crippen LogP contribution in [0.1, 0.15) is 104 Å². The number of hydrogen-bond acceptors (Lipinski definition) is 2. The van der Waals surface area contributed by atoms with Crippen LogP contribution >= 0.6 is 11.3 Å². The van der Waals surface area contributed by atoms with Crippen LogP contribution in [0.3, 0.4) is 0 Å². The summed E-state index contributed by atoms with van der Waals surface area (Å²) in [6, 6.07) is 2.44. The van der Waals surface area contributed by atoms with Gasteiger partial charge in [0.15, 0.2) is 0 Å². The first-order valence-electron chi connectivity index (χ1n) is 9.80. The molecule has 0 atom stereocenters. The monoisotopic (exact) mass is 364 g/mol. The highest BCUT2D eigenvalue weighted by atomic mass is 32.1. The van der Waals surface area contributed by atoms with E-state index in [0.717, 1.165) is 6.42 Å². The number of rotatable bonds is 8. The third-order valence-electron chi connectivity index (χ3n) is 5.10. The fourth-order valence-electron chi connectivity index (χ4n) is 2.93.